The van der Waals surface area contributed by atoms with E-state index in [1.807, 2.05) is 0 Å². The molecule has 0 aromatic heterocycles. The number of fused-ring (bicyclic) bond motifs is 1. The zero-order valence-corrected chi connectivity index (χ0v) is 15.2. The van der Waals surface area contributed by atoms with Crippen LogP contribution in [0.15, 0.2) is 23.5 Å². The number of carbonyl (C=O) groups is 1. The lowest BCUT2D eigenvalue weighted by Gasteiger charge is -2.43. The Morgan fingerprint density at radius 2 is 1.86 bits per heavy atom. The molecule has 2 heterocycles. The molecular weight excluding hydrogens is 380 g/mol. The number of aliphatic hydroxyl groups excluding tert-OH is 5. The summed E-state index contributed by atoms with van der Waals surface area (Å²) in [5.41, 5.74) is -1.58. The molecule has 0 aromatic carbocycles. The molecule has 0 spiro atoms. The van der Waals surface area contributed by atoms with Crippen LogP contribution in [-0.4, -0.2) is 99.0 Å². The van der Waals surface area contributed by atoms with Crippen LogP contribution in [0.1, 0.15) is 6.92 Å². The monoisotopic (exact) mass is 404 g/mol. The van der Waals surface area contributed by atoms with Crippen LogP contribution in [0.25, 0.3) is 0 Å². The minimum absolute atomic E-state index is 0.0158. The first kappa shape index (κ1) is 21.1. The smallest absolute Gasteiger partial charge is 0.341 e. The number of hydrogen-bond donors (Lipinski definition) is 6. The third-order valence-corrected chi connectivity index (χ3v) is 5.33. The number of rotatable bonds is 4. The van der Waals surface area contributed by atoms with Crippen molar-refractivity contribution >= 4 is 5.97 Å². The molecule has 1 aliphatic carbocycles. The van der Waals surface area contributed by atoms with E-state index in [1.165, 1.54) is 20.1 Å². The van der Waals surface area contributed by atoms with Crippen LogP contribution in [0.4, 0.5) is 0 Å². The van der Waals surface area contributed by atoms with Crippen LogP contribution < -0.4 is 0 Å². The molecule has 0 saturated carbocycles. The summed E-state index contributed by atoms with van der Waals surface area (Å²) >= 11 is 0. The van der Waals surface area contributed by atoms with Crippen molar-refractivity contribution in [1.82, 2.24) is 0 Å². The average Bonchev–Trinajstić information content (AvgIpc) is 2.91. The third-order valence-electron chi connectivity index (χ3n) is 5.33. The van der Waals surface area contributed by atoms with Gasteiger partial charge in [-0.1, -0.05) is 0 Å². The zero-order chi connectivity index (χ0) is 20.8. The van der Waals surface area contributed by atoms with Gasteiger partial charge in [-0.25, -0.2) is 4.79 Å². The number of ether oxygens (including phenoxy) is 4. The van der Waals surface area contributed by atoms with Gasteiger partial charge >= 0.3 is 5.97 Å². The van der Waals surface area contributed by atoms with Gasteiger partial charge in [0.05, 0.1) is 25.2 Å². The molecule has 1 fully saturated rings. The molecular formula is C17H24O11. The fourth-order valence-electron chi connectivity index (χ4n) is 3.60. The summed E-state index contributed by atoms with van der Waals surface area (Å²) in [5, 5.41) is 60.1. The van der Waals surface area contributed by atoms with Gasteiger partial charge < -0.3 is 49.6 Å². The van der Waals surface area contributed by atoms with Gasteiger partial charge in [0.1, 0.15) is 42.4 Å². The normalized spacial score (nSPS) is 45.6. The lowest BCUT2D eigenvalue weighted by molar-refractivity contribution is -0.343. The van der Waals surface area contributed by atoms with Crippen molar-refractivity contribution in [2.75, 3.05) is 13.7 Å². The van der Waals surface area contributed by atoms with Gasteiger partial charge in [0.2, 0.25) is 6.29 Å². The molecule has 11 heteroatoms. The number of aliphatic hydroxyl groups is 6. The molecule has 0 aromatic rings. The fraction of sp³-hybridized carbons (Fsp3) is 0.706. The molecule has 3 aliphatic rings. The summed E-state index contributed by atoms with van der Waals surface area (Å²) in [6, 6.07) is 0. The maximum atomic E-state index is 12.0. The molecule has 2 aliphatic heterocycles. The Kier molecular flexibility index (Phi) is 5.81. The maximum Gasteiger partial charge on any atom is 0.341 e. The lowest BCUT2D eigenvalue weighted by Crippen LogP contribution is -2.60. The summed E-state index contributed by atoms with van der Waals surface area (Å²) in [4.78, 5) is 12.0. The third kappa shape index (κ3) is 3.33. The molecule has 11 nitrogen and oxygen atoms in total. The lowest BCUT2D eigenvalue weighted by atomic mass is 9.83. The maximum absolute atomic E-state index is 12.0. The van der Waals surface area contributed by atoms with E-state index in [-0.39, 0.29) is 11.1 Å². The van der Waals surface area contributed by atoms with Crippen molar-refractivity contribution in [1.29, 1.82) is 0 Å². The summed E-state index contributed by atoms with van der Waals surface area (Å²) in [7, 11) is 1.17. The number of esters is 1. The fourth-order valence-corrected chi connectivity index (χ4v) is 3.60. The van der Waals surface area contributed by atoms with E-state index in [0.717, 1.165) is 6.26 Å². The SMILES string of the molecule is COC(=O)C1=CO[C@@H](O[C@@H]2O[C@H](CO)[C@@H](O)[C@H](O)[C@H]2O)[C@H]2C1=C[C@H](O)[C@@]2(C)O. The second-order valence-electron chi connectivity index (χ2n) is 7.13. The van der Waals surface area contributed by atoms with Crippen LogP contribution in [0.2, 0.25) is 0 Å². The number of methoxy groups -OCH3 is 1. The molecule has 1 saturated heterocycles. The first-order valence-electron chi connectivity index (χ1n) is 8.65. The van der Waals surface area contributed by atoms with E-state index in [4.69, 9.17) is 14.2 Å². The number of hydrogen-bond acceptors (Lipinski definition) is 11. The highest BCUT2D eigenvalue weighted by atomic mass is 16.8. The minimum Gasteiger partial charge on any atom is -0.471 e. The first-order valence-corrected chi connectivity index (χ1v) is 8.65. The predicted molar refractivity (Wildman–Crippen MR) is 88.0 cm³/mol. The molecule has 6 N–H and O–H groups in total. The number of carbonyl (C=O) groups excluding carboxylic acids is 1. The van der Waals surface area contributed by atoms with Crippen LogP contribution in [0.5, 0.6) is 0 Å². The van der Waals surface area contributed by atoms with Crippen molar-refractivity contribution in [2.24, 2.45) is 5.92 Å². The second kappa shape index (κ2) is 7.69. The van der Waals surface area contributed by atoms with Crippen LogP contribution >= 0.6 is 0 Å². The van der Waals surface area contributed by atoms with Crippen LogP contribution in [0, 0.1) is 5.92 Å². The predicted octanol–water partition coefficient (Wildman–Crippen LogP) is -3.12. The van der Waals surface area contributed by atoms with Crippen molar-refractivity contribution in [3.63, 3.8) is 0 Å². The average molecular weight is 404 g/mol. The molecule has 0 unspecified atom stereocenters. The van der Waals surface area contributed by atoms with Crippen molar-refractivity contribution < 1.29 is 54.4 Å². The van der Waals surface area contributed by atoms with E-state index in [9.17, 15) is 35.4 Å². The van der Waals surface area contributed by atoms with E-state index < -0.39 is 67.2 Å². The summed E-state index contributed by atoms with van der Waals surface area (Å²) < 4.78 is 20.9. The molecule has 3 rings (SSSR count). The van der Waals surface area contributed by atoms with Crippen LogP contribution in [0.3, 0.4) is 0 Å². The summed E-state index contributed by atoms with van der Waals surface area (Å²) in [6.45, 7) is 0.673. The van der Waals surface area contributed by atoms with Crippen LogP contribution in [-0.2, 0) is 23.7 Å². The molecule has 28 heavy (non-hydrogen) atoms. The Morgan fingerprint density at radius 3 is 2.46 bits per heavy atom. The van der Waals surface area contributed by atoms with Gasteiger partial charge in [-0.2, -0.15) is 0 Å². The van der Waals surface area contributed by atoms with Crippen molar-refractivity contribution in [3.8, 4) is 0 Å². The van der Waals surface area contributed by atoms with Crippen molar-refractivity contribution in [2.45, 2.75) is 55.6 Å². The van der Waals surface area contributed by atoms with Crippen molar-refractivity contribution in [3.05, 3.63) is 23.5 Å². The van der Waals surface area contributed by atoms with Gasteiger partial charge in [-0.15, -0.1) is 0 Å². The first-order chi connectivity index (χ1) is 13.1. The highest BCUT2D eigenvalue weighted by molar-refractivity contribution is 5.93. The van der Waals surface area contributed by atoms with E-state index in [2.05, 4.69) is 4.74 Å². The molecule has 0 amide bonds. The molecule has 158 valence electrons. The zero-order valence-electron chi connectivity index (χ0n) is 15.2. The Hall–Kier alpha value is -1.57. The topological polar surface area (TPSA) is 175 Å². The summed E-state index contributed by atoms with van der Waals surface area (Å²) in [5.74, 6) is -1.80. The molecule has 0 radical (unpaired) electrons. The quantitative estimate of drug-likeness (QED) is 0.262. The highest BCUT2D eigenvalue weighted by Gasteiger charge is 2.56. The van der Waals surface area contributed by atoms with Gasteiger partial charge in [0, 0.05) is 0 Å². The Morgan fingerprint density at radius 1 is 1.18 bits per heavy atom. The van der Waals surface area contributed by atoms with Gasteiger partial charge in [0.15, 0.2) is 6.29 Å². The van der Waals surface area contributed by atoms with Gasteiger partial charge in [0.25, 0.3) is 0 Å². The second-order valence-corrected chi connectivity index (χ2v) is 7.13. The molecule has 9 atom stereocenters. The molecule has 0 bridgehead atoms. The standard InChI is InChI=1S/C17H24O11/c1-17(24)9(19)3-6-7(14(23)25-2)5-26-15(10(6)17)28-16-13(22)12(21)11(20)8(4-18)27-16/h3,5,8-13,15-16,18-22,24H,4H2,1-2H3/t8-,9+,10-,11-,12+,13-,15+,16+,17-/m1/s1. The Balaban J connectivity index is 1.87. The largest absolute Gasteiger partial charge is 0.471 e. The van der Waals surface area contributed by atoms with E-state index >= 15 is 0 Å². The summed E-state index contributed by atoms with van der Waals surface area (Å²) in [6.07, 6.45) is -7.99. The Bertz CT molecular complexity index is 670. The highest BCUT2D eigenvalue weighted by Crippen LogP contribution is 2.46. The Labute approximate surface area is 160 Å². The van der Waals surface area contributed by atoms with E-state index in [0.29, 0.717) is 0 Å². The minimum atomic E-state index is -1.79. The van der Waals surface area contributed by atoms with Gasteiger partial charge in [-0.3, -0.25) is 0 Å². The van der Waals surface area contributed by atoms with Gasteiger partial charge in [-0.05, 0) is 18.6 Å². The van der Waals surface area contributed by atoms with E-state index in [1.54, 1.807) is 0 Å².